The molecule has 0 heterocycles. The summed E-state index contributed by atoms with van der Waals surface area (Å²) < 4.78 is 22.9. The Morgan fingerprint density at radius 3 is 2.37 bits per heavy atom. The minimum absolute atomic E-state index is 0.0533. The highest BCUT2D eigenvalue weighted by Crippen LogP contribution is 2.32. The summed E-state index contributed by atoms with van der Waals surface area (Å²) in [7, 11) is -3.46. The molecule has 0 fully saturated rings. The lowest BCUT2D eigenvalue weighted by Gasteiger charge is -2.19. The third kappa shape index (κ3) is 3.51. The van der Waals surface area contributed by atoms with Crippen LogP contribution in [0.5, 0.6) is 0 Å². The number of nitrogens with zero attached hydrogens (tertiary/aromatic N) is 1. The lowest BCUT2D eigenvalue weighted by Crippen LogP contribution is -2.25. The zero-order valence-corrected chi connectivity index (χ0v) is 12.0. The van der Waals surface area contributed by atoms with E-state index >= 15 is 0 Å². The third-order valence-electron chi connectivity index (χ3n) is 3.10. The number of benzene rings is 1. The number of sulfone groups is 1. The average molecular weight is 286 g/mol. The average Bonchev–Trinajstić information content (AvgIpc) is 2.28. The van der Waals surface area contributed by atoms with Crippen LogP contribution in [0, 0.1) is 10.1 Å². The fraction of sp³-hybridized carbons (Fsp3) is 0.500. The summed E-state index contributed by atoms with van der Waals surface area (Å²) in [6.45, 7) is 3.67. The molecule has 0 spiro atoms. The Bertz CT molecular complexity index is 581. The predicted octanol–water partition coefficient (Wildman–Crippen LogP) is 1.84. The summed E-state index contributed by atoms with van der Waals surface area (Å²) in [6.07, 6.45) is 1.67. The molecule has 0 radical (unpaired) electrons. The van der Waals surface area contributed by atoms with Gasteiger partial charge in [0.05, 0.1) is 9.82 Å². The summed E-state index contributed by atoms with van der Waals surface area (Å²) in [6, 6.07) is 3.75. The number of hydrogen-bond donors (Lipinski definition) is 1. The first-order valence-electron chi connectivity index (χ1n) is 5.92. The highest BCUT2D eigenvalue weighted by molar-refractivity contribution is 7.90. The first kappa shape index (κ1) is 15.6. The van der Waals surface area contributed by atoms with Crippen LogP contribution in [0.2, 0.25) is 0 Å². The van der Waals surface area contributed by atoms with Crippen LogP contribution in [-0.4, -0.2) is 25.6 Å². The monoisotopic (exact) mass is 286 g/mol. The van der Waals surface area contributed by atoms with Gasteiger partial charge < -0.3 is 5.73 Å². The van der Waals surface area contributed by atoms with E-state index in [1.807, 2.05) is 6.92 Å². The molecule has 2 N–H and O–H groups in total. The van der Waals surface area contributed by atoms with Gasteiger partial charge in [0.15, 0.2) is 9.84 Å². The Kier molecular flexibility index (Phi) is 4.65. The highest BCUT2D eigenvalue weighted by atomic mass is 32.2. The Balaban J connectivity index is 3.46. The van der Waals surface area contributed by atoms with E-state index in [0.717, 1.165) is 12.3 Å². The van der Waals surface area contributed by atoms with Crippen molar-refractivity contribution in [3.05, 3.63) is 33.9 Å². The normalized spacial score (nSPS) is 14.9. The molecule has 19 heavy (non-hydrogen) atoms. The largest absolute Gasteiger partial charge is 0.327 e. The first-order valence-corrected chi connectivity index (χ1v) is 7.81. The van der Waals surface area contributed by atoms with E-state index in [1.54, 1.807) is 6.92 Å². The van der Waals surface area contributed by atoms with Gasteiger partial charge in [-0.25, -0.2) is 8.42 Å². The van der Waals surface area contributed by atoms with Gasteiger partial charge in [-0.1, -0.05) is 13.0 Å². The van der Waals surface area contributed by atoms with Gasteiger partial charge in [0.1, 0.15) is 0 Å². The van der Waals surface area contributed by atoms with Crippen LogP contribution in [0.15, 0.2) is 23.1 Å². The van der Waals surface area contributed by atoms with Crippen molar-refractivity contribution in [1.82, 2.24) is 0 Å². The molecule has 0 saturated carbocycles. The van der Waals surface area contributed by atoms with Gasteiger partial charge in [0.25, 0.3) is 5.69 Å². The number of rotatable bonds is 5. The SMILES string of the molecule is CCC(c1ccc(S(C)(=O)=O)cc1[N+](=O)[O-])C(C)N. The predicted molar refractivity (Wildman–Crippen MR) is 72.9 cm³/mol. The molecule has 0 aliphatic rings. The maximum absolute atomic E-state index is 11.4. The molecule has 0 saturated heterocycles. The molecule has 0 amide bonds. The molecule has 7 heteroatoms. The summed E-state index contributed by atoms with van der Waals surface area (Å²) in [4.78, 5) is 10.5. The van der Waals surface area contributed by atoms with Crippen molar-refractivity contribution in [2.45, 2.75) is 37.1 Å². The minimum Gasteiger partial charge on any atom is -0.327 e. The molecular weight excluding hydrogens is 268 g/mol. The fourth-order valence-corrected chi connectivity index (χ4v) is 2.74. The molecule has 0 bridgehead atoms. The standard InChI is InChI=1S/C12H18N2O4S/c1-4-10(8(2)13)11-6-5-9(19(3,17)18)7-12(11)14(15)16/h5-8,10H,4,13H2,1-3H3. The Morgan fingerprint density at radius 2 is 2.00 bits per heavy atom. The highest BCUT2D eigenvalue weighted by Gasteiger charge is 2.25. The van der Waals surface area contributed by atoms with Gasteiger partial charge in [-0.2, -0.15) is 0 Å². The van der Waals surface area contributed by atoms with Crippen LogP contribution in [0.25, 0.3) is 0 Å². The molecule has 2 atom stereocenters. The zero-order chi connectivity index (χ0) is 14.8. The Morgan fingerprint density at radius 1 is 1.42 bits per heavy atom. The molecule has 1 rings (SSSR count). The summed E-state index contributed by atoms with van der Waals surface area (Å²) in [5, 5.41) is 11.1. The summed E-state index contributed by atoms with van der Waals surface area (Å²) >= 11 is 0. The summed E-state index contributed by atoms with van der Waals surface area (Å²) in [5.41, 5.74) is 6.12. The summed E-state index contributed by atoms with van der Waals surface area (Å²) in [5.74, 6) is -0.172. The van der Waals surface area contributed by atoms with E-state index in [9.17, 15) is 18.5 Å². The quantitative estimate of drug-likeness (QED) is 0.657. The molecule has 0 aliphatic carbocycles. The smallest absolute Gasteiger partial charge is 0.274 e. The Labute approximate surface area is 112 Å². The van der Waals surface area contributed by atoms with Crippen LogP contribution >= 0.6 is 0 Å². The van der Waals surface area contributed by atoms with Crippen molar-refractivity contribution < 1.29 is 13.3 Å². The molecule has 1 aromatic carbocycles. The number of hydrogen-bond acceptors (Lipinski definition) is 5. The van der Waals surface area contributed by atoms with Gasteiger partial charge in [-0.3, -0.25) is 10.1 Å². The van der Waals surface area contributed by atoms with E-state index in [1.165, 1.54) is 12.1 Å². The molecule has 2 unspecified atom stereocenters. The van der Waals surface area contributed by atoms with Crippen LogP contribution in [0.3, 0.4) is 0 Å². The maximum Gasteiger partial charge on any atom is 0.274 e. The second-order valence-electron chi connectivity index (χ2n) is 4.62. The van der Waals surface area contributed by atoms with Gasteiger partial charge in [-0.15, -0.1) is 0 Å². The molecule has 6 nitrogen and oxygen atoms in total. The lowest BCUT2D eigenvalue weighted by molar-refractivity contribution is -0.386. The number of nitrogens with two attached hydrogens (primary N) is 1. The topological polar surface area (TPSA) is 103 Å². The zero-order valence-electron chi connectivity index (χ0n) is 11.2. The van der Waals surface area contributed by atoms with Gasteiger partial charge >= 0.3 is 0 Å². The van der Waals surface area contributed by atoms with Crippen molar-refractivity contribution in [2.75, 3.05) is 6.26 Å². The lowest BCUT2D eigenvalue weighted by atomic mass is 9.89. The van der Waals surface area contributed by atoms with Gasteiger partial charge in [0.2, 0.25) is 0 Å². The van der Waals surface area contributed by atoms with Crippen molar-refractivity contribution in [1.29, 1.82) is 0 Å². The van der Waals surface area contributed by atoms with Gasteiger partial charge in [-0.05, 0) is 19.4 Å². The van der Waals surface area contributed by atoms with Crippen molar-refractivity contribution in [3.8, 4) is 0 Å². The van der Waals surface area contributed by atoms with Gasteiger partial charge in [0, 0.05) is 29.8 Å². The molecule has 0 aliphatic heterocycles. The van der Waals surface area contributed by atoms with Crippen LogP contribution in [-0.2, 0) is 9.84 Å². The number of nitro groups is 1. The van der Waals surface area contributed by atoms with Crippen molar-refractivity contribution in [2.24, 2.45) is 5.73 Å². The second kappa shape index (κ2) is 5.66. The van der Waals surface area contributed by atoms with Crippen LogP contribution in [0.1, 0.15) is 31.7 Å². The Hall–Kier alpha value is -1.47. The van der Waals surface area contributed by atoms with Crippen LogP contribution < -0.4 is 5.73 Å². The fourth-order valence-electron chi connectivity index (χ4n) is 2.10. The van der Waals surface area contributed by atoms with E-state index in [-0.39, 0.29) is 22.5 Å². The number of nitro benzene ring substituents is 1. The van der Waals surface area contributed by atoms with Crippen molar-refractivity contribution >= 4 is 15.5 Å². The minimum atomic E-state index is -3.46. The van der Waals surface area contributed by atoms with E-state index in [0.29, 0.717) is 12.0 Å². The van der Waals surface area contributed by atoms with Crippen molar-refractivity contribution in [3.63, 3.8) is 0 Å². The van der Waals surface area contributed by atoms with Crippen LogP contribution in [0.4, 0.5) is 5.69 Å². The van der Waals surface area contributed by atoms with E-state index < -0.39 is 14.8 Å². The maximum atomic E-state index is 11.4. The third-order valence-corrected chi connectivity index (χ3v) is 4.21. The van der Waals surface area contributed by atoms with E-state index in [4.69, 9.17) is 5.73 Å². The first-order chi connectivity index (χ1) is 8.68. The molecule has 1 aromatic rings. The molecule has 106 valence electrons. The molecule has 0 aromatic heterocycles. The van der Waals surface area contributed by atoms with E-state index in [2.05, 4.69) is 0 Å². The molecular formula is C12H18N2O4S. The second-order valence-corrected chi connectivity index (χ2v) is 6.64.